The third-order valence-electron chi connectivity index (χ3n) is 4.41. The van der Waals surface area contributed by atoms with E-state index in [0.29, 0.717) is 18.8 Å². The average Bonchev–Trinajstić information content (AvgIpc) is 2.93. The molecule has 114 valence electrons. The largest absolute Gasteiger partial charge is 0.347 e. The number of nitrogens with zero attached hydrogens (tertiary/aromatic N) is 3. The summed E-state index contributed by atoms with van der Waals surface area (Å²) in [6.07, 6.45) is 3.83. The molecular formula is C15H22N4O2. The second-order valence-electron chi connectivity index (χ2n) is 5.82. The van der Waals surface area contributed by atoms with Crippen LogP contribution in [0.3, 0.4) is 0 Å². The molecule has 3 rings (SSSR count). The van der Waals surface area contributed by atoms with Crippen LogP contribution in [0, 0.1) is 0 Å². The van der Waals surface area contributed by atoms with Crippen molar-refractivity contribution < 1.29 is 9.59 Å². The molecule has 0 radical (unpaired) electrons. The van der Waals surface area contributed by atoms with Gasteiger partial charge in [0.2, 0.25) is 5.91 Å². The van der Waals surface area contributed by atoms with Crippen molar-refractivity contribution in [1.29, 1.82) is 0 Å². The topological polar surface area (TPSA) is 57.6 Å². The second kappa shape index (κ2) is 5.89. The van der Waals surface area contributed by atoms with Crippen LogP contribution in [0.15, 0.2) is 18.3 Å². The van der Waals surface area contributed by atoms with Crippen molar-refractivity contribution in [2.24, 2.45) is 7.05 Å². The molecule has 0 aliphatic carbocycles. The van der Waals surface area contributed by atoms with Crippen LogP contribution in [0.5, 0.6) is 0 Å². The highest BCUT2D eigenvalue weighted by Crippen LogP contribution is 2.19. The van der Waals surface area contributed by atoms with Gasteiger partial charge in [0.25, 0.3) is 5.91 Å². The Labute approximate surface area is 124 Å². The van der Waals surface area contributed by atoms with Gasteiger partial charge in [-0.15, -0.1) is 0 Å². The molecule has 2 fully saturated rings. The Morgan fingerprint density at radius 3 is 2.95 bits per heavy atom. The van der Waals surface area contributed by atoms with Gasteiger partial charge >= 0.3 is 0 Å². The van der Waals surface area contributed by atoms with Crippen LogP contribution >= 0.6 is 0 Å². The summed E-state index contributed by atoms with van der Waals surface area (Å²) in [5.74, 6) is 0.217. The molecule has 2 saturated heterocycles. The zero-order valence-corrected chi connectivity index (χ0v) is 12.4. The van der Waals surface area contributed by atoms with Crippen molar-refractivity contribution in [3.8, 4) is 0 Å². The number of aromatic nitrogens is 1. The van der Waals surface area contributed by atoms with Crippen molar-refractivity contribution in [1.82, 2.24) is 19.7 Å². The van der Waals surface area contributed by atoms with Gasteiger partial charge in [0.15, 0.2) is 0 Å². The molecule has 6 heteroatoms. The van der Waals surface area contributed by atoms with E-state index >= 15 is 0 Å². The van der Waals surface area contributed by atoms with Gasteiger partial charge in [-0.3, -0.25) is 9.59 Å². The molecule has 6 nitrogen and oxygen atoms in total. The zero-order valence-electron chi connectivity index (χ0n) is 12.4. The van der Waals surface area contributed by atoms with Crippen molar-refractivity contribution in [2.75, 3.05) is 32.7 Å². The fourth-order valence-electron chi connectivity index (χ4n) is 3.25. The predicted molar refractivity (Wildman–Crippen MR) is 78.9 cm³/mol. The number of piperidine rings is 1. The van der Waals surface area contributed by atoms with E-state index in [0.717, 1.165) is 32.5 Å². The molecular weight excluding hydrogens is 268 g/mol. The molecule has 21 heavy (non-hydrogen) atoms. The van der Waals surface area contributed by atoms with Crippen LogP contribution in [-0.4, -0.2) is 64.9 Å². The van der Waals surface area contributed by atoms with Gasteiger partial charge in [0, 0.05) is 45.5 Å². The standard InChI is InChI=1S/C15H22N4O2/c1-17-7-3-5-13(17)15(21)18-8-2-4-12(11-18)19-9-6-16-10-14(19)20/h3,5,7,12,16H,2,4,6,8-11H2,1H3. The molecule has 0 aromatic carbocycles. The number of carbonyl (C=O) groups is 2. The minimum Gasteiger partial charge on any atom is -0.347 e. The molecule has 1 aromatic rings. The Kier molecular flexibility index (Phi) is 3.96. The first kappa shape index (κ1) is 14.1. The van der Waals surface area contributed by atoms with E-state index in [9.17, 15) is 9.59 Å². The number of hydrogen-bond acceptors (Lipinski definition) is 3. The molecule has 1 atom stereocenters. The molecule has 1 unspecified atom stereocenters. The van der Waals surface area contributed by atoms with E-state index in [1.807, 2.05) is 39.7 Å². The summed E-state index contributed by atoms with van der Waals surface area (Å²) in [6.45, 7) is 3.43. The third kappa shape index (κ3) is 2.81. The molecule has 0 spiro atoms. The second-order valence-corrected chi connectivity index (χ2v) is 5.82. The molecule has 1 aromatic heterocycles. The van der Waals surface area contributed by atoms with E-state index < -0.39 is 0 Å². The van der Waals surface area contributed by atoms with Gasteiger partial charge in [-0.2, -0.15) is 0 Å². The SMILES string of the molecule is Cn1cccc1C(=O)N1CCCC(N2CCNCC2=O)C1. The third-order valence-corrected chi connectivity index (χ3v) is 4.41. The molecule has 2 aliphatic heterocycles. The maximum atomic E-state index is 12.6. The van der Waals surface area contributed by atoms with Crippen molar-refractivity contribution in [3.05, 3.63) is 24.0 Å². The Morgan fingerprint density at radius 2 is 2.24 bits per heavy atom. The summed E-state index contributed by atoms with van der Waals surface area (Å²) in [4.78, 5) is 28.4. The Hall–Kier alpha value is -1.82. The molecule has 3 heterocycles. The summed E-state index contributed by atoms with van der Waals surface area (Å²) in [5.41, 5.74) is 0.710. The van der Waals surface area contributed by atoms with Gasteiger partial charge in [-0.05, 0) is 25.0 Å². The van der Waals surface area contributed by atoms with Gasteiger partial charge in [-0.25, -0.2) is 0 Å². The number of piperazine rings is 1. The number of likely N-dealkylation sites (tertiary alicyclic amines) is 1. The Morgan fingerprint density at radius 1 is 1.38 bits per heavy atom. The van der Waals surface area contributed by atoms with Gasteiger partial charge < -0.3 is 19.7 Å². The first-order valence-electron chi connectivity index (χ1n) is 7.57. The van der Waals surface area contributed by atoms with E-state index in [1.165, 1.54) is 0 Å². The molecule has 0 saturated carbocycles. The highest BCUT2D eigenvalue weighted by atomic mass is 16.2. The number of rotatable bonds is 2. The highest BCUT2D eigenvalue weighted by molar-refractivity contribution is 5.93. The monoisotopic (exact) mass is 290 g/mol. The van der Waals surface area contributed by atoms with Crippen molar-refractivity contribution in [2.45, 2.75) is 18.9 Å². The highest BCUT2D eigenvalue weighted by Gasteiger charge is 2.32. The van der Waals surface area contributed by atoms with E-state index in [2.05, 4.69) is 5.32 Å². The number of nitrogens with one attached hydrogen (secondary N) is 1. The van der Waals surface area contributed by atoms with Crippen LogP contribution in [-0.2, 0) is 11.8 Å². The zero-order chi connectivity index (χ0) is 14.8. The van der Waals surface area contributed by atoms with Gasteiger partial charge in [-0.1, -0.05) is 0 Å². The summed E-state index contributed by atoms with van der Waals surface area (Å²) in [7, 11) is 1.88. The lowest BCUT2D eigenvalue weighted by molar-refractivity contribution is -0.135. The van der Waals surface area contributed by atoms with Crippen molar-refractivity contribution >= 4 is 11.8 Å². The summed E-state index contributed by atoms with van der Waals surface area (Å²) < 4.78 is 1.85. The minimum atomic E-state index is 0.0646. The molecule has 2 amide bonds. The Balaban J connectivity index is 1.69. The predicted octanol–water partition coefficient (Wildman–Crippen LogP) is 0.0615. The molecule has 0 bridgehead atoms. The van der Waals surface area contributed by atoms with Crippen LogP contribution in [0.1, 0.15) is 23.3 Å². The van der Waals surface area contributed by atoms with E-state index in [1.54, 1.807) is 0 Å². The van der Waals surface area contributed by atoms with Crippen LogP contribution in [0.4, 0.5) is 0 Å². The van der Waals surface area contributed by atoms with E-state index in [4.69, 9.17) is 0 Å². The number of carbonyl (C=O) groups excluding carboxylic acids is 2. The fraction of sp³-hybridized carbons (Fsp3) is 0.600. The number of amides is 2. The molecule has 1 N–H and O–H groups in total. The summed E-state index contributed by atoms with van der Waals surface area (Å²) in [6, 6.07) is 3.90. The molecule has 2 aliphatic rings. The van der Waals surface area contributed by atoms with E-state index in [-0.39, 0.29) is 17.9 Å². The lowest BCUT2D eigenvalue weighted by Gasteiger charge is -2.41. The summed E-state index contributed by atoms with van der Waals surface area (Å²) >= 11 is 0. The minimum absolute atomic E-state index is 0.0646. The van der Waals surface area contributed by atoms with Gasteiger partial charge in [0.05, 0.1) is 6.54 Å². The van der Waals surface area contributed by atoms with Gasteiger partial charge in [0.1, 0.15) is 5.69 Å². The number of hydrogen-bond donors (Lipinski definition) is 1. The van der Waals surface area contributed by atoms with Crippen LogP contribution in [0.2, 0.25) is 0 Å². The lowest BCUT2D eigenvalue weighted by Crippen LogP contribution is -2.57. The Bertz CT molecular complexity index is 540. The maximum absolute atomic E-state index is 12.6. The van der Waals surface area contributed by atoms with Crippen LogP contribution in [0.25, 0.3) is 0 Å². The maximum Gasteiger partial charge on any atom is 0.270 e. The fourth-order valence-corrected chi connectivity index (χ4v) is 3.25. The first-order chi connectivity index (χ1) is 10.2. The lowest BCUT2D eigenvalue weighted by atomic mass is 10.0. The van der Waals surface area contributed by atoms with Crippen molar-refractivity contribution in [3.63, 3.8) is 0 Å². The van der Waals surface area contributed by atoms with Crippen LogP contribution < -0.4 is 5.32 Å². The average molecular weight is 290 g/mol. The summed E-state index contributed by atoms with van der Waals surface area (Å²) in [5, 5.41) is 3.09. The smallest absolute Gasteiger partial charge is 0.270 e. The number of aryl methyl sites for hydroxylation is 1. The first-order valence-corrected chi connectivity index (χ1v) is 7.57. The quantitative estimate of drug-likeness (QED) is 0.838. The normalized spacial score (nSPS) is 23.5.